The number of rotatable bonds is 2. The number of nitrogens with zero attached hydrogens (tertiary/aromatic N) is 1. The molecule has 0 saturated carbocycles. The molecule has 0 bridgehead atoms. The predicted molar refractivity (Wildman–Crippen MR) is 60.7 cm³/mol. The number of allylic oxidation sites excluding steroid dienone is 2. The lowest BCUT2D eigenvalue weighted by atomic mass is 9.86. The Bertz CT molecular complexity index is 194. The molecule has 0 aliphatic heterocycles. The van der Waals surface area contributed by atoms with E-state index >= 15 is 0 Å². The van der Waals surface area contributed by atoms with Crippen LogP contribution in [-0.4, -0.2) is 18.0 Å². The van der Waals surface area contributed by atoms with Gasteiger partial charge < -0.3 is 4.90 Å². The fourth-order valence-electron chi connectivity index (χ4n) is 1.19. The molecule has 13 heavy (non-hydrogen) atoms. The minimum absolute atomic E-state index is 0.285. The van der Waals surface area contributed by atoms with E-state index in [1.54, 1.807) is 0 Å². The van der Waals surface area contributed by atoms with Crippen LogP contribution in [0, 0.1) is 5.41 Å². The Morgan fingerprint density at radius 1 is 1.08 bits per heavy atom. The van der Waals surface area contributed by atoms with Gasteiger partial charge in [-0.25, -0.2) is 0 Å². The van der Waals surface area contributed by atoms with Gasteiger partial charge in [0.25, 0.3) is 0 Å². The monoisotopic (exact) mass is 183 g/mol. The molecule has 0 aromatic rings. The van der Waals surface area contributed by atoms with Crippen LogP contribution in [0.3, 0.4) is 0 Å². The summed E-state index contributed by atoms with van der Waals surface area (Å²) in [7, 11) is 2.16. The maximum atomic E-state index is 2.33. The lowest BCUT2D eigenvalue weighted by Crippen LogP contribution is -2.27. The lowest BCUT2D eigenvalue weighted by molar-refractivity contribution is 0.329. The Kier molecular flexibility index (Phi) is 4.02. The van der Waals surface area contributed by atoms with Gasteiger partial charge in [-0.1, -0.05) is 20.8 Å². The molecule has 0 spiro atoms. The van der Waals surface area contributed by atoms with Gasteiger partial charge in [0.15, 0.2) is 0 Å². The van der Waals surface area contributed by atoms with Gasteiger partial charge in [0.1, 0.15) is 0 Å². The highest BCUT2D eigenvalue weighted by atomic mass is 15.1. The summed E-state index contributed by atoms with van der Waals surface area (Å²) >= 11 is 0. The van der Waals surface area contributed by atoms with Crippen LogP contribution in [0.15, 0.2) is 11.3 Å². The van der Waals surface area contributed by atoms with Crippen molar-refractivity contribution in [2.75, 3.05) is 7.05 Å². The maximum absolute atomic E-state index is 2.33. The van der Waals surface area contributed by atoms with Crippen LogP contribution in [0.2, 0.25) is 0 Å². The van der Waals surface area contributed by atoms with E-state index in [-0.39, 0.29) is 5.41 Å². The molecular formula is C12H25N. The molecule has 0 N–H and O–H groups in total. The second-order valence-corrected chi connectivity index (χ2v) is 5.17. The fourth-order valence-corrected chi connectivity index (χ4v) is 1.19. The van der Waals surface area contributed by atoms with E-state index in [0.29, 0.717) is 6.04 Å². The number of hydrogen-bond acceptors (Lipinski definition) is 1. The maximum Gasteiger partial charge on any atom is 0.0227 e. The molecule has 0 aliphatic rings. The molecule has 1 nitrogen and oxygen atoms in total. The number of hydrogen-bond donors (Lipinski definition) is 0. The highest BCUT2D eigenvalue weighted by Gasteiger charge is 2.17. The molecule has 0 rings (SSSR count). The van der Waals surface area contributed by atoms with Crippen LogP contribution in [0.5, 0.6) is 0 Å². The highest BCUT2D eigenvalue weighted by molar-refractivity contribution is 5.15. The van der Waals surface area contributed by atoms with Crippen molar-refractivity contribution in [3.8, 4) is 0 Å². The Morgan fingerprint density at radius 2 is 1.46 bits per heavy atom. The summed E-state index contributed by atoms with van der Waals surface area (Å²) in [6, 6.07) is 0.581. The molecule has 0 aromatic heterocycles. The first kappa shape index (κ1) is 12.5. The molecule has 0 heterocycles. The molecule has 1 heteroatoms. The van der Waals surface area contributed by atoms with Crippen molar-refractivity contribution in [1.82, 2.24) is 4.90 Å². The summed E-state index contributed by atoms with van der Waals surface area (Å²) in [6.07, 6.45) is 0. The summed E-state index contributed by atoms with van der Waals surface area (Å²) in [4.78, 5) is 2.33. The van der Waals surface area contributed by atoms with Crippen LogP contribution >= 0.6 is 0 Å². The van der Waals surface area contributed by atoms with Crippen molar-refractivity contribution in [3.05, 3.63) is 11.3 Å². The van der Waals surface area contributed by atoms with Crippen molar-refractivity contribution in [1.29, 1.82) is 0 Å². The molecule has 0 saturated heterocycles. The van der Waals surface area contributed by atoms with Crippen LogP contribution in [0.4, 0.5) is 0 Å². The molecule has 0 aliphatic carbocycles. The Labute approximate surface area is 83.8 Å². The quantitative estimate of drug-likeness (QED) is 0.631. The van der Waals surface area contributed by atoms with Gasteiger partial charge in [0.2, 0.25) is 0 Å². The molecule has 0 unspecified atom stereocenters. The summed E-state index contributed by atoms with van der Waals surface area (Å²) in [5.41, 5.74) is 3.17. The largest absolute Gasteiger partial charge is 0.376 e. The van der Waals surface area contributed by atoms with Crippen LogP contribution in [0.1, 0.15) is 48.5 Å². The van der Waals surface area contributed by atoms with Gasteiger partial charge in [-0.3, -0.25) is 0 Å². The topological polar surface area (TPSA) is 3.24 Å². The van der Waals surface area contributed by atoms with Crippen LogP contribution in [-0.2, 0) is 0 Å². The van der Waals surface area contributed by atoms with Gasteiger partial charge in [-0.2, -0.15) is 0 Å². The first-order chi connectivity index (χ1) is 5.68. The lowest BCUT2D eigenvalue weighted by Gasteiger charge is -2.31. The minimum atomic E-state index is 0.285. The fraction of sp³-hybridized carbons (Fsp3) is 0.833. The zero-order chi connectivity index (χ0) is 10.8. The van der Waals surface area contributed by atoms with Gasteiger partial charge in [0, 0.05) is 18.8 Å². The average molecular weight is 183 g/mol. The van der Waals surface area contributed by atoms with E-state index in [0.717, 1.165) is 0 Å². The molecule has 0 radical (unpaired) electrons. The van der Waals surface area contributed by atoms with Crippen molar-refractivity contribution >= 4 is 0 Å². The third kappa shape index (κ3) is 3.41. The van der Waals surface area contributed by atoms with E-state index < -0.39 is 0 Å². The Hall–Kier alpha value is -0.460. The minimum Gasteiger partial charge on any atom is -0.376 e. The second-order valence-electron chi connectivity index (χ2n) is 5.17. The van der Waals surface area contributed by atoms with Crippen molar-refractivity contribution < 1.29 is 0 Å². The third-order valence-corrected chi connectivity index (χ3v) is 2.97. The summed E-state index contributed by atoms with van der Waals surface area (Å²) in [5.74, 6) is 0. The normalized spacial score (nSPS) is 14.5. The van der Waals surface area contributed by atoms with Crippen molar-refractivity contribution in [3.63, 3.8) is 0 Å². The van der Waals surface area contributed by atoms with E-state index in [2.05, 4.69) is 60.4 Å². The van der Waals surface area contributed by atoms with Crippen LogP contribution in [0.25, 0.3) is 0 Å². The van der Waals surface area contributed by atoms with Gasteiger partial charge >= 0.3 is 0 Å². The highest BCUT2D eigenvalue weighted by Crippen LogP contribution is 2.28. The zero-order valence-electron chi connectivity index (χ0n) is 10.5. The van der Waals surface area contributed by atoms with Gasteiger partial charge in [0.05, 0.1) is 0 Å². The zero-order valence-corrected chi connectivity index (χ0v) is 10.5. The average Bonchev–Trinajstić information content (AvgIpc) is 1.98. The first-order valence-corrected chi connectivity index (χ1v) is 5.08. The van der Waals surface area contributed by atoms with Crippen molar-refractivity contribution in [2.45, 2.75) is 54.5 Å². The van der Waals surface area contributed by atoms with Gasteiger partial charge in [-0.15, -0.1) is 0 Å². The second kappa shape index (κ2) is 4.17. The molecular weight excluding hydrogens is 158 g/mol. The molecule has 0 atom stereocenters. The first-order valence-electron chi connectivity index (χ1n) is 5.08. The standard InChI is InChI=1S/C12H25N/c1-9(2)13(8)11(4)10(3)12(5,6)7/h9H,1-8H3/b11-10+. The molecule has 0 amide bonds. The predicted octanol–water partition coefficient (Wildman–Crippen LogP) is 3.67. The molecule has 0 fully saturated rings. The SMILES string of the molecule is C/C(=C(/C)C(C)(C)C)N(C)C(C)C. The van der Waals surface area contributed by atoms with Crippen molar-refractivity contribution in [2.24, 2.45) is 5.41 Å². The summed E-state index contributed by atoms with van der Waals surface area (Å²) in [5, 5.41) is 0. The van der Waals surface area contributed by atoms with Crippen LogP contribution < -0.4 is 0 Å². The smallest absolute Gasteiger partial charge is 0.0227 e. The van der Waals surface area contributed by atoms with E-state index in [1.165, 1.54) is 11.3 Å². The summed E-state index contributed by atoms with van der Waals surface area (Å²) < 4.78 is 0. The van der Waals surface area contributed by atoms with E-state index in [9.17, 15) is 0 Å². The van der Waals surface area contributed by atoms with Gasteiger partial charge in [-0.05, 0) is 38.7 Å². The Balaban J connectivity index is 4.82. The summed E-state index contributed by atoms with van der Waals surface area (Å²) in [6.45, 7) is 15.7. The van der Waals surface area contributed by atoms with E-state index in [1.807, 2.05) is 0 Å². The van der Waals surface area contributed by atoms with E-state index in [4.69, 9.17) is 0 Å². The molecule has 0 aromatic carbocycles. The third-order valence-electron chi connectivity index (χ3n) is 2.97. The Morgan fingerprint density at radius 3 is 1.69 bits per heavy atom. The molecule has 78 valence electrons.